The monoisotopic (exact) mass is 262 g/mol. The first-order valence-electron chi connectivity index (χ1n) is 4.10. The van der Waals surface area contributed by atoms with Crippen LogP contribution in [0.5, 0.6) is 0 Å². The number of rotatable bonds is 1. The van der Waals surface area contributed by atoms with Crippen molar-refractivity contribution in [3.8, 4) is 9.75 Å². The van der Waals surface area contributed by atoms with E-state index in [2.05, 4.69) is 13.0 Å². The second-order valence-corrected chi connectivity index (χ2v) is 6.47. The molecule has 2 aromatic rings. The van der Waals surface area contributed by atoms with Crippen molar-refractivity contribution in [2.45, 2.75) is 13.8 Å². The molecule has 0 saturated carbocycles. The topological polar surface area (TPSA) is 0 Å². The lowest BCUT2D eigenvalue weighted by Crippen LogP contribution is -1.67. The predicted octanol–water partition coefficient (Wildman–Crippen LogP) is 5.40. The molecule has 2 heterocycles. The Balaban J connectivity index is 2.54. The highest BCUT2D eigenvalue weighted by atomic mass is 35.5. The number of thiophene rings is 2. The maximum atomic E-state index is 6.03. The Bertz CT molecular complexity index is 449. The van der Waals surface area contributed by atoms with E-state index in [-0.39, 0.29) is 0 Å². The summed E-state index contributed by atoms with van der Waals surface area (Å²) in [6.45, 7) is 4.09. The summed E-state index contributed by atoms with van der Waals surface area (Å²) < 4.78 is 1.70. The van der Waals surface area contributed by atoms with Gasteiger partial charge >= 0.3 is 0 Å². The second-order valence-electron chi connectivity index (χ2n) is 3.13. The van der Waals surface area contributed by atoms with Gasteiger partial charge in [0.05, 0.1) is 8.67 Å². The summed E-state index contributed by atoms with van der Waals surface area (Å²) in [5.74, 6) is 0. The average Bonchev–Trinajstić information content (AvgIpc) is 2.57. The van der Waals surface area contributed by atoms with E-state index in [0.29, 0.717) is 0 Å². The molecule has 0 aliphatic carbocycles. The van der Waals surface area contributed by atoms with E-state index >= 15 is 0 Å². The third-order valence-corrected chi connectivity index (χ3v) is 5.07. The standard InChI is InChI=1S/C10H8Cl2S2/c1-5-4-8(11)14-9(5)7-3-6(2)10(12)13-7/h3-4H,1-2H3. The summed E-state index contributed by atoms with van der Waals surface area (Å²) in [7, 11) is 0. The zero-order valence-corrected chi connectivity index (χ0v) is 10.9. The normalized spacial score (nSPS) is 10.9. The quantitative estimate of drug-likeness (QED) is 0.646. The van der Waals surface area contributed by atoms with E-state index in [1.54, 1.807) is 22.7 Å². The minimum atomic E-state index is 0.833. The molecule has 74 valence electrons. The van der Waals surface area contributed by atoms with Gasteiger partial charge in [-0.15, -0.1) is 22.7 Å². The maximum Gasteiger partial charge on any atom is 0.0964 e. The molecule has 4 heteroatoms. The third-order valence-electron chi connectivity index (χ3n) is 1.97. The van der Waals surface area contributed by atoms with Crippen molar-refractivity contribution in [2.24, 2.45) is 0 Å². The lowest BCUT2D eigenvalue weighted by Gasteiger charge is -1.91. The fourth-order valence-electron chi connectivity index (χ4n) is 1.26. The van der Waals surface area contributed by atoms with Crippen LogP contribution in [0.3, 0.4) is 0 Å². The van der Waals surface area contributed by atoms with Crippen molar-refractivity contribution in [3.63, 3.8) is 0 Å². The molecule has 0 saturated heterocycles. The van der Waals surface area contributed by atoms with Crippen LogP contribution in [0.1, 0.15) is 11.1 Å². The number of aryl methyl sites for hydroxylation is 2. The van der Waals surface area contributed by atoms with Crippen LogP contribution in [0.2, 0.25) is 8.67 Å². The number of hydrogen-bond donors (Lipinski definition) is 0. The fourth-order valence-corrected chi connectivity index (χ4v) is 3.92. The predicted molar refractivity (Wildman–Crippen MR) is 67.1 cm³/mol. The first kappa shape index (κ1) is 10.5. The molecule has 0 nitrogen and oxygen atoms in total. The lowest BCUT2D eigenvalue weighted by atomic mass is 10.2. The van der Waals surface area contributed by atoms with E-state index in [4.69, 9.17) is 23.2 Å². The molecule has 2 rings (SSSR count). The average molecular weight is 263 g/mol. The molecule has 0 bridgehead atoms. The molecule has 0 unspecified atom stereocenters. The van der Waals surface area contributed by atoms with Gasteiger partial charge in [0, 0.05) is 9.75 Å². The van der Waals surface area contributed by atoms with E-state index in [1.807, 2.05) is 13.0 Å². The maximum absolute atomic E-state index is 6.03. The van der Waals surface area contributed by atoms with Crippen molar-refractivity contribution in [2.75, 3.05) is 0 Å². The summed E-state index contributed by atoms with van der Waals surface area (Å²) in [4.78, 5) is 2.44. The first-order valence-corrected chi connectivity index (χ1v) is 6.49. The van der Waals surface area contributed by atoms with Crippen LogP contribution in [0.15, 0.2) is 12.1 Å². The van der Waals surface area contributed by atoms with Crippen LogP contribution >= 0.6 is 45.9 Å². The lowest BCUT2D eigenvalue weighted by molar-refractivity contribution is 1.53. The Morgan fingerprint density at radius 3 is 2.14 bits per heavy atom. The van der Waals surface area contributed by atoms with Crippen molar-refractivity contribution in [1.29, 1.82) is 0 Å². The van der Waals surface area contributed by atoms with Crippen molar-refractivity contribution in [3.05, 3.63) is 31.9 Å². The van der Waals surface area contributed by atoms with E-state index in [9.17, 15) is 0 Å². The largest absolute Gasteiger partial charge is 0.122 e. The highest BCUT2D eigenvalue weighted by Gasteiger charge is 2.10. The minimum absolute atomic E-state index is 0.833. The minimum Gasteiger partial charge on any atom is -0.122 e. The van der Waals surface area contributed by atoms with Crippen LogP contribution < -0.4 is 0 Å². The molecular weight excluding hydrogens is 255 g/mol. The molecule has 14 heavy (non-hydrogen) atoms. The molecule has 0 fully saturated rings. The van der Waals surface area contributed by atoms with E-state index in [1.165, 1.54) is 15.3 Å². The Morgan fingerprint density at radius 2 is 1.71 bits per heavy atom. The summed E-state index contributed by atoms with van der Waals surface area (Å²) in [5, 5.41) is 0. The summed E-state index contributed by atoms with van der Waals surface area (Å²) in [6.07, 6.45) is 0. The Morgan fingerprint density at radius 1 is 1.00 bits per heavy atom. The Kier molecular flexibility index (Phi) is 2.89. The van der Waals surface area contributed by atoms with Gasteiger partial charge in [-0.2, -0.15) is 0 Å². The van der Waals surface area contributed by atoms with Crippen LogP contribution in [0.4, 0.5) is 0 Å². The van der Waals surface area contributed by atoms with Gasteiger partial charge in [-0.1, -0.05) is 23.2 Å². The summed E-state index contributed by atoms with van der Waals surface area (Å²) >= 11 is 15.2. The first-order chi connectivity index (χ1) is 6.58. The van der Waals surface area contributed by atoms with Crippen molar-refractivity contribution in [1.82, 2.24) is 0 Å². The Hall–Kier alpha value is -0.0200. The van der Waals surface area contributed by atoms with E-state index < -0.39 is 0 Å². The van der Waals surface area contributed by atoms with Gasteiger partial charge in [0.15, 0.2) is 0 Å². The van der Waals surface area contributed by atoms with Crippen molar-refractivity contribution >= 4 is 45.9 Å². The summed E-state index contributed by atoms with van der Waals surface area (Å²) in [5.41, 5.74) is 2.36. The number of hydrogen-bond acceptors (Lipinski definition) is 2. The van der Waals surface area contributed by atoms with Gasteiger partial charge in [0.2, 0.25) is 0 Å². The zero-order chi connectivity index (χ0) is 10.3. The van der Waals surface area contributed by atoms with Crippen LogP contribution in [0.25, 0.3) is 9.75 Å². The molecule has 2 aromatic heterocycles. The summed E-state index contributed by atoms with van der Waals surface area (Å²) in [6, 6.07) is 4.10. The molecule has 0 aliphatic heterocycles. The smallest absolute Gasteiger partial charge is 0.0964 e. The number of halogens is 2. The molecule has 0 aliphatic rings. The SMILES string of the molecule is Cc1cc(-c2sc(Cl)cc2C)sc1Cl. The van der Waals surface area contributed by atoms with Crippen LogP contribution in [-0.4, -0.2) is 0 Å². The second kappa shape index (κ2) is 3.86. The van der Waals surface area contributed by atoms with Gasteiger partial charge in [-0.25, -0.2) is 0 Å². The molecule has 0 amide bonds. The molecule has 0 N–H and O–H groups in total. The van der Waals surface area contributed by atoms with E-state index in [0.717, 1.165) is 14.2 Å². The van der Waals surface area contributed by atoms with Crippen LogP contribution in [0, 0.1) is 13.8 Å². The van der Waals surface area contributed by atoms with Gasteiger partial charge < -0.3 is 0 Å². The highest BCUT2D eigenvalue weighted by Crippen LogP contribution is 2.41. The molecule has 0 radical (unpaired) electrons. The van der Waals surface area contributed by atoms with Crippen molar-refractivity contribution < 1.29 is 0 Å². The Labute approximate surface area is 101 Å². The van der Waals surface area contributed by atoms with Gasteiger partial charge in [0.1, 0.15) is 0 Å². The zero-order valence-electron chi connectivity index (χ0n) is 7.73. The third kappa shape index (κ3) is 1.84. The molecule has 0 spiro atoms. The van der Waals surface area contributed by atoms with Crippen LogP contribution in [-0.2, 0) is 0 Å². The highest BCUT2D eigenvalue weighted by molar-refractivity contribution is 7.25. The molecule has 0 atom stereocenters. The van der Waals surface area contributed by atoms with Gasteiger partial charge in [0.25, 0.3) is 0 Å². The van der Waals surface area contributed by atoms with Gasteiger partial charge in [-0.05, 0) is 37.1 Å². The fraction of sp³-hybridized carbons (Fsp3) is 0.200. The molecular formula is C10H8Cl2S2. The molecule has 0 aromatic carbocycles. The van der Waals surface area contributed by atoms with Gasteiger partial charge in [-0.3, -0.25) is 0 Å².